The number of morpholine rings is 1. The Balaban J connectivity index is 1.74. The first-order chi connectivity index (χ1) is 13.4. The summed E-state index contributed by atoms with van der Waals surface area (Å²) in [5.41, 5.74) is 2.27. The van der Waals surface area contributed by atoms with E-state index >= 15 is 0 Å². The molecule has 1 N–H and O–H groups in total. The van der Waals surface area contributed by atoms with Gasteiger partial charge in [0.1, 0.15) is 0 Å². The van der Waals surface area contributed by atoms with Gasteiger partial charge in [0.2, 0.25) is 10.0 Å². The van der Waals surface area contributed by atoms with Crippen LogP contribution in [0.3, 0.4) is 0 Å². The van der Waals surface area contributed by atoms with Crippen LogP contribution >= 0.6 is 0 Å². The standard InChI is InChI=1S/C21H26N2O4S/c1-16-8-9-19(28(25,26)23-10-12-27-13-11-23)14-20(16)21(24)22-15-17(2)18-6-4-3-5-7-18/h3-9,14,17H,10-13,15H2,1-2H3,(H,22,24)/t17-/m0/s1. The fourth-order valence-corrected chi connectivity index (χ4v) is 4.62. The van der Waals surface area contributed by atoms with Crippen molar-refractivity contribution in [2.24, 2.45) is 0 Å². The molecule has 0 aromatic heterocycles. The largest absolute Gasteiger partial charge is 0.379 e. The Morgan fingerprint density at radius 2 is 1.82 bits per heavy atom. The van der Waals surface area contributed by atoms with E-state index in [0.29, 0.717) is 38.4 Å². The van der Waals surface area contributed by atoms with Crippen molar-refractivity contribution < 1.29 is 17.9 Å². The second-order valence-electron chi connectivity index (χ2n) is 7.01. The van der Waals surface area contributed by atoms with Crippen molar-refractivity contribution in [1.29, 1.82) is 0 Å². The van der Waals surface area contributed by atoms with E-state index in [-0.39, 0.29) is 16.7 Å². The van der Waals surface area contributed by atoms with E-state index in [4.69, 9.17) is 4.74 Å². The first kappa shape index (κ1) is 20.5. The number of hydrogen-bond acceptors (Lipinski definition) is 4. The molecule has 0 bridgehead atoms. The monoisotopic (exact) mass is 402 g/mol. The van der Waals surface area contributed by atoms with Gasteiger partial charge in [-0.15, -0.1) is 0 Å². The Morgan fingerprint density at radius 1 is 1.14 bits per heavy atom. The fraction of sp³-hybridized carbons (Fsp3) is 0.381. The average molecular weight is 403 g/mol. The highest BCUT2D eigenvalue weighted by Gasteiger charge is 2.27. The highest BCUT2D eigenvalue weighted by Crippen LogP contribution is 2.21. The summed E-state index contributed by atoms with van der Waals surface area (Å²) in [6.45, 7) is 5.75. The average Bonchev–Trinajstić information content (AvgIpc) is 2.73. The predicted octanol–water partition coefficient (Wildman–Crippen LogP) is 2.55. The van der Waals surface area contributed by atoms with Gasteiger partial charge in [0.25, 0.3) is 5.91 Å². The molecule has 2 aromatic carbocycles. The lowest BCUT2D eigenvalue weighted by atomic mass is 10.0. The molecule has 3 rings (SSSR count). The molecule has 1 aliphatic rings. The fourth-order valence-electron chi connectivity index (χ4n) is 3.18. The van der Waals surface area contributed by atoms with Gasteiger partial charge in [0.15, 0.2) is 0 Å². The first-order valence-corrected chi connectivity index (χ1v) is 10.9. The van der Waals surface area contributed by atoms with Crippen molar-refractivity contribution in [1.82, 2.24) is 9.62 Å². The molecule has 150 valence electrons. The molecule has 7 heteroatoms. The van der Waals surface area contributed by atoms with Gasteiger partial charge < -0.3 is 10.1 Å². The van der Waals surface area contributed by atoms with E-state index < -0.39 is 10.0 Å². The van der Waals surface area contributed by atoms with Crippen LogP contribution < -0.4 is 5.32 Å². The Labute approximate surface area is 166 Å². The van der Waals surface area contributed by atoms with Crippen molar-refractivity contribution in [2.75, 3.05) is 32.8 Å². The molecule has 28 heavy (non-hydrogen) atoms. The molecule has 1 atom stereocenters. The molecule has 1 saturated heterocycles. The smallest absolute Gasteiger partial charge is 0.251 e. The van der Waals surface area contributed by atoms with E-state index in [0.717, 1.165) is 11.1 Å². The van der Waals surface area contributed by atoms with Crippen molar-refractivity contribution in [3.05, 3.63) is 65.2 Å². The topological polar surface area (TPSA) is 75.7 Å². The molecule has 1 aliphatic heterocycles. The highest BCUT2D eigenvalue weighted by atomic mass is 32.2. The quantitative estimate of drug-likeness (QED) is 0.806. The van der Waals surface area contributed by atoms with Crippen LogP contribution in [0, 0.1) is 6.92 Å². The minimum absolute atomic E-state index is 0.140. The lowest BCUT2D eigenvalue weighted by Crippen LogP contribution is -2.40. The van der Waals surface area contributed by atoms with Crippen LogP contribution in [0.15, 0.2) is 53.4 Å². The summed E-state index contributed by atoms with van der Waals surface area (Å²) >= 11 is 0. The van der Waals surface area contributed by atoms with Crippen LogP contribution in [0.4, 0.5) is 0 Å². The summed E-state index contributed by atoms with van der Waals surface area (Å²) in [4.78, 5) is 12.9. The van der Waals surface area contributed by atoms with Gasteiger partial charge in [0, 0.05) is 25.2 Å². The van der Waals surface area contributed by atoms with E-state index in [1.54, 1.807) is 19.1 Å². The molecule has 6 nitrogen and oxygen atoms in total. The van der Waals surface area contributed by atoms with Crippen molar-refractivity contribution in [3.8, 4) is 0 Å². The predicted molar refractivity (Wildman–Crippen MR) is 108 cm³/mol. The van der Waals surface area contributed by atoms with Gasteiger partial charge in [-0.25, -0.2) is 8.42 Å². The molecule has 0 spiro atoms. The van der Waals surface area contributed by atoms with Crippen molar-refractivity contribution in [3.63, 3.8) is 0 Å². The summed E-state index contributed by atoms with van der Waals surface area (Å²) < 4.78 is 32.4. The van der Waals surface area contributed by atoms with Gasteiger partial charge in [-0.05, 0) is 36.1 Å². The lowest BCUT2D eigenvalue weighted by molar-refractivity contribution is 0.0730. The minimum atomic E-state index is -3.64. The van der Waals surface area contributed by atoms with Gasteiger partial charge in [-0.3, -0.25) is 4.79 Å². The van der Waals surface area contributed by atoms with Gasteiger partial charge in [-0.2, -0.15) is 4.31 Å². The summed E-state index contributed by atoms with van der Waals surface area (Å²) in [6.07, 6.45) is 0. The van der Waals surface area contributed by atoms with Crippen molar-refractivity contribution in [2.45, 2.75) is 24.7 Å². The number of nitrogens with one attached hydrogen (secondary N) is 1. The zero-order valence-electron chi connectivity index (χ0n) is 16.2. The van der Waals surface area contributed by atoms with E-state index in [9.17, 15) is 13.2 Å². The number of carbonyl (C=O) groups is 1. The summed E-state index contributed by atoms with van der Waals surface area (Å²) in [5.74, 6) is -0.106. The second-order valence-corrected chi connectivity index (χ2v) is 8.95. The molecule has 0 aliphatic carbocycles. The number of hydrogen-bond donors (Lipinski definition) is 1. The SMILES string of the molecule is Cc1ccc(S(=O)(=O)N2CCOCC2)cc1C(=O)NC[C@H](C)c1ccccc1. The summed E-state index contributed by atoms with van der Waals surface area (Å²) in [6, 6.07) is 14.7. The summed E-state index contributed by atoms with van der Waals surface area (Å²) in [7, 11) is -3.64. The molecular weight excluding hydrogens is 376 g/mol. The number of aryl methyl sites for hydroxylation is 1. The van der Waals surface area contributed by atoms with Crippen LogP contribution in [0.25, 0.3) is 0 Å². The van der Waals surface area contributed by atoms with E-state index in [1.807, 2.05) is 37.3 Å². The van der Waals surface area contributed by atoms with Gasteiger partial charge >= 0.3 is 0 Å². The maximum Gasteiger partial charge on any atom is 0.251 e. The number of sulfonamides is 1. The number of carbonyl (C=O) groups excluding carboxylic acids is 1. The third-order valence-corrected chi connectivity index (χ3v) is 6.89. The van der Waals surface area contributed by atoms with Crippen LogP contribution in [0.1, 0.15) is 34.3 Å². The minimum Gasteiger partial charge on any atom is -0.379 e. The first-order valence-electron chi connectivity index (χ1n) is 9.41. The molecule has 0 unspecified atom stereocenters. The second kappa shape index (κ2) is 8.86. The Bertz CT molecular complexity index is 923. The lowest BCUT2D eigenvalue weighted by Gasteiger charge is -2.26. The third kappa shape index (κ3) is 4.60. The Morgan fingerprint density at radius 3 is 2.50 bits per heavy atom. The van der Waals surface area contributed by atoms with Gasteiger partial charge in [-0.1, -0.05) is 43.3 Å². The summed E-state index contributed by atoms with van der Waals surface area (Å²) in [5, 5.41) is 2.93. The number of amides is 1. The maximum absolute atomic E-state index is 12.9. The highest BCUT2D eigenvalue weighted by molar-refractivity contribution is 7.89. The van der Waals surface area contributed by atoms with Gasteiger partial charge in [0.05, 0.1) is 18.1 Å². The van der Waals surface area contributed by atoms with E-state index in [2.05, 4.69) is 5.32 Å². The van der Waals surface area contributed by atoms with Crippen LogP contribution in [0.2, 0.25) is 0 Å². The van der Waals surface area contributed by atoms with Crippen LogP contribution in [0.5, 0.6) is 0 Å². The Kier molecular flexibility index (Phi) is 6.49. The number of benzene rings is 2. The zero-order valence-corrected chi connectivity index (χ0v) is 17.0. The van der Waals surface area contributed by atoms with E-state index in [1.165, 1.54) is 10.4 Å². The maximum atomic E-state index is 12.9. The molecule has 0 radical (unpaired) electrons. The molecule has 0 saturated carbocycles. The van der Waals surface area contributed by atoms with Crippen LogP contribution in [-0.4, -0.2) is 51.5 Å². The van der Waals surface area contributed by atoms with Crippen LogP contribution in [-0.2, 0) is 14.8 Å². The normalized spacial score (nSPS) is 16.5. The molecule has 1 heterocycles. The number of nitrogens with zero attached hydrogens (tertiary/aromatic N) is 1. The molecule has 2 aromatic rings. The number of rotatable bonds is 6. The molecule has 1 amide bonds. The molecule has 1 fully saturated rings. The number of ether oxygens (including phenoxy) is 1. The zero-order chi connectivity index (χ0) is 20.1. The third-order valence-electron chi connectivity index (χ3n) is 5.00. The Hall–Kier alpha value is -2.22. The molecular formula is C21H26N2O4S. The van der Waals surface area contributed by atoms with Crippen molar-refractivity contribution >= 4 is 15.9 Å².